The van der Waals surface area contributed by atoms with Crippen molar-refractivity contribution >= 4 is 11.9 Å². The van der Waals surface area contributed by atoms with Gasteiger partial charge in [-0.2, -0.15) is 39.5 Å². The zero-order valence-corrected chi connectivity index (χ0v) is 20.1. The number of amides is 1. The van der Waals surface area contributed by atoms with Crippen molar-refractivity contribution in [1.82, 2.24) is 10.2 Å². The Balaban J connectivity index is 0.000000956. The minimum Gasteiger partial charge on any atom is -0.475 e. The molecule has 7 nitrogen and oxygen atoms in total. The van der Waals surface area contributed by atoms with Gasteiger partial charge in [0.05, 0.1) is 0 Å². The number of carboxylic acids is 1. The van der Waals surface area contributed by atoms with Gasteiger partial charge in [0, 0.05) is 32.7 Å². The van der Waals surface area contributed by atoms with Gasteiger partial charge >= 0.3 is 24.5 Å². The Morgan fingerprint density at radius 2 is 1.36 bits per heavy atom. The van der Waals surface area contributed by atoms with Crippen molar-refractivity contribution in [3.8, 4) is 11.1 Å². The van der Waals surface area contributed by atoms with Gasteiger partial charge in [-0.05, 0) is 22.8 Å². The molecule has 0 bridgehead atoms. The van der Waals surface area contributed by atoms with Crippen LogP contribution in [-0.2, 0) is 21.7 Å². The lowest BCUT2D eigenvalue weighted by Gasteiger charge is -2.32. The number of carboxylic acid groups (broad SMARTS) is 1. The maximum absolute atomic E-state index is 13.0. The summed E-state index contributed by atoms with van der Waals surface area (Å²) in [5.74, 6) is -3.23. The van der Waals surface area contributed by atoms with Crippen molar-refractivity contribution in [3.05, 3.63) is 59.7 Å². The fraction of sp³-hybridized carbons (Fsp3) is 0.391. The highest BCUT2D eigenvalue weighted by Gasteiger charge is 2.71. The van der Waals surface area contributed by atoms with E-state index in [4.69, 9.17) is 9.90 Å². The lowest BCUT2D eigenvalue weighted by Crippen LogP contribution is -2.53. The number of likely N-dealkylation sites (N-methyl/N-ethyl adjacent to an activating group) is 1. The zero-order valence-electron chi connectivity index (χ0n) is 20.1. The number of nitrogens with zero attached hydrogens (tertiary/aromatic N) is 1. The van der Waals surface area contributed by atoms with Gasteiger partial charge in [-0.3, -0.25) is 4.79 Å². The molecular formula is C23H23F9N2O5. The fourth-order valence-electron chi connectivity index (χ4n) is 2.99. The highest BCUT2D eigenvalue weighted by atomic mass is 19.4. The van der Waals surface area contributed by atoms with Crippen LogP contribution in [0.4, 0.5) is 39.5 Å². The Morgan fingerprint density at radius 3 is 1.77 bits per heavy atom. The molecule has 0 radical (unpaired) electrons. The summed E-state index contributed by atoms with van der Waals surface area (Å²) in [4.78, 5) is 21.8. The molecule has 0 unspecified atom stereocenters. The highest BCUT2D eigenvalue weighted by Crippen LogP contribution is 2.50. The van der Waals surface area contributed by atoms with E-state index in [0.29, 0.717) is 28.8 Å². The molecule has 1 amide bonds. The van der Waals surface area contributed by atoms with Gasteiger partial charge < -0.3 is 25.5 Å². The molecule has 2 aromatic carbocycles. The predicted octanol–water partition coefficient (Wildman–Crippen LogP) is 3.84. The van der Waals surface area contributed by atoms with E-state index in [9.17, 15) is 54.5 Å². The van der Waals surface area contributed by atoms with Gasteiger partial charge in [0.15, 0.2) is 0 Å². The first-order valence-electron chi connectivity index (χ1n) is 10.6. The van der Waals surface area contributed by atoms with Crippen molar-refractivity contribution in [2.75, 3.05) is 20.6 Å². The molecule has 0 aliphatic rings. The van der Waals surface area contributed by atoms with Crippen LogP contribution in [0.25, 0.3) is 11.1 Å². The van der Waals surface area contributed by atoms with Gasteiger partial charge in [0.25, 0.3) is 11.5 Å². The Kier molecular flexibility index (Phi) is 10.9. The molecule has 0 spiro atoms. The number of hydrogen-bond donors (Lipinski definition) is 4. The molecule has 218 valence electrons. The third kappa shape index (κ3) is 8.83. The van der Waals surface area contributed by atoms with E-state index in [2.05, 4.69) is 5.32 Å². The molecule has 16 heteroatoms. The molecule has 0 aromatic heterocycles. The third-order valence-electron chi connectivity index (χ3n) is 5.02. The summed E-state index contributed by atoms with van der Waals surface area (Å²) in [5, 5.41) is 29.3. The van der Waals surface area contributed by atoms with Crippen LogP contribution in [0.3, 0.4) is 0 Å². The number of alkyl halides is 9. The monoisotopic (exact) mass is 578 g/mol. The minimum atomic E-state index is -5.95. The van der Waals surface area contributed by atoms with Crippen LogP contribution in [0.2, 0.25) is 0 Å². The summed E-state index contributed by atoms with van der Waals surface area (Å²) in [6.07, 6.45) is -18.2. The molecule has 0 aliphatic carbocycles. The second-order valence-corrected chi connectivity index (χ2v) is 8.17. The van der Waals surface area contributed by atoms with Crippen LogP contribution in [0.15, 0.2) is 48.5 Å². The fourth-order valence-corrected chi connectivity index (χ4v) is 2.99. The van der Waals surface area contributed by atoms with Crippen molar-refractivity contribution in [2.45, 2.75) is 36.8 Å². The van der Waals surface area contributed by atoms with Crippen LogP contribution in [0, 0.1) is 0 Å². The average Bonchev–Trinajstić information content (AvgIpc) is 2.81. The maximum atomic E-state index is 13.0. The number of aliphatic hydroxyl groups is 2. The highest BCUT2D eigenvalue weighted by molar-refractivity contribution is 5.80. The molecule has 2 aromatic rings. The number of hydrogen-bond acceptors (Lipinski definition) is 5. The maximum Gasteiger partial charge on any atom is 0.490 e. The molecule has 0 fully saturated rings. The SMILES string of the molecule is CN(C)C(=O)[C@@H](O)CNCc1cccc(-c2ccc(C(O)(C(F)(F)F)C(F)(F)F)cc2)c1.O=C(O)C(F)(F)F. The number of nitrogens with one attached hydrogen (secondary N) is 1. The number of aliphatic hydroxyl groups excluding tert-OH is 1. The topological polar surface area (TPSA) is 110 Å². The van der Waals surface area contributed by atoms with Crippen molar-refractivity contribution in [2.24, 2.45) is 0 Å². The van der Waals surface area contributed by atoms with Crippen LogP contribution in [0.5, 0.6) is 0 Å². The van der Waals surface area contributed by atoms with E-state index < -0.39 is 47.7 Å². The van der Waals surface area contributed by atoms with Gasteiger partial charge in [0.1, 0.15) is 6.10 Å². The van der Waals surface area contributed by atoms with E-state index in [0.717, 1.165) is 12.1 Å². The lowest BCUT2D eigenvalue weighted by molar-refractivity contribution is -0.376. The number of aliphatic carboxylic acids is 1. The lowest BCUT2D eigenvalue weighted by atomic mass is 9.90. The summed E-state index contributed by atoms with van der Waals surface area (Å²) < 4.78 is 110. The largest absolute Gasteiger partial charge is 0.490 e. The molecule has 0 aliphatic heterocycles. The Labute approximate surface area is 215 Å². The Bertz CT molecular complexity index is 1100. The molecule has 0 heterocycles. The summed E-state index contributed by atoms with van der Waals surface area (Å²) >= 11 is 0. The van der Waals surface area contributed by atoms with Crippen LogP contribution >= 0.6 is 0 Å². The van der Waals surface area contributed by atoms with E-state index in [1.165, 1.54) is 19.0 Å². The van der Waals surface area contributed by atoms with E-state index in [-0.39, 0.29) is 13.1 Å². The van der Waals surface area contributed by atoms with Crippen LogP contribution < -0.4 is 5.32 Å². The summed E-state index contributed by atoms with van der Waals surface area (Å²) in [7, 11) is 3.01. The molecule has 2 rings (SSSR count). The summed E-state index contributed by atoms with van der Waals surface area (Å²) in [5.41, 5.74) is -4.75. The number of benzene rings is 2. The van der Waals surface area contributed by atoms with Crippen molar-refractivity contribution < 1.29 is 64.4 Å². The normalized spacial score (nSPS) is 13.3. The average molecular weight is 578 g/mol. The standard InChI is InChI=1S/C21H22F6N2O3.C2HF3O2/c1-29(2)18(31)17(30)12-28-11-13-4-3-5-15(10-13)14-6-8-16(9-7-14)19(32,20(22,23)24)21(25,26)27;3-2(4,5)1(6)7/h3-10,17,28,30,32H,11-12H2,1-2H3;(H,6,7)/t17-;/m0./s1. The Morgan fingerprint density at radius 1 is 0.872 bits per heavy atom. The zero-order chi connectivity index (χ0) is 30.4. The quantitative estimate of drug-likeness (QED) is 0.372. The molecule has 0 saturated carbocycles. The predicted molar refractivity (Wildman–Crippen MR) is 118 cm³/mol. The molecular weight excluding hydrogens is 555 g/mol. The van der Waals surface area contributed by atoms with Crippen molar-refractivity contribution in [1.29, 1.82) is 0 Å². The van der Waals surface area contributed by atoms with E-state index in [1.54, 1.807) is 24.3 Å². The first kappa shape index (κ1) is 33.7. The van der Waals surface area contributed by atoms with Gasteiger partial charge in [-0.15, -0.1) is 0 Å². The second kappa shape index (κ2) is 12.7. The second-order valence-electron chi connectivity index (χ2n) is 8.17. The molecule has 1 atom stereocenters. The first-order chi connectivity index (χ1) is 17.6. The first-order valence-corrected chi connectivity index (χ1v) is 10.6. The number of carbonyl (C=O) groups excluding carboxylic acids is 1. The van der Waals surface area contributed by atoms with Crippen molar-refractivity contribution in [3.63, 3.8) is 0 Å². The summed E-state index contributed by atoms with van der Waals surface area (Å²) in [6.45, 7) is 0.245. The third-order valence-corrected chi connectivity index (χ3v) is 5.02. The smallest absolute Gasteiger partial charge is 0.475 e. The number of rotatable bonds is 7. The van der Waals surface area contributed by atoms with Crippen LogP contribution in [-0.4, -0.2) is 77.4 Å². The number of halogens is 9. The van der Waals surface area contributed by atoms with E-state index >= 15 is 0 Å². The van der Waals surface area contributed by atoms with Gasteiger partial charge in [-0.25, -0.2) is 4.79 Å². The van der Waals surface area contributed by atoms with Crippen LogP contribution in [0.1, 0.15) is 11.1 Å². The number of carbonyl (C=O) groups is 2. The molecule has 0 saturated heterocycles. The Hall–Kier alpha value is -3.37. The molecule has 39 heavy (non-hydrogen) atoms. The van der Waals surface area contributed by atoms with Gasteiger partial charge in [-0.1, -0.05) is 42.5 Å². The summed E-state index contributed by atoms with van der Waals surface area (Å²) in [6, 6.07) is 9.92. The minimum absolute atomic E-state index is 0.0105. The molecule has 4 N–H and O–H groups in total. The van der Waals surface area contributed by atoms with E-state index in [1.807, 2.05) is 0 Å². The van der Waals surface area contributed by atoms with Gasteiger partial charge in [0.2, 0.25) is 0 Å².